The maximum Gasteiger partial charge on any atom is 0.401 e. The Morgan fingerprint density at radius 1 is 1.21 bits per heavy atom. The summed E-state index contributed by atoms with van der Waals surface area (Å²) in [5.74, 6) is 0.377. The average molecular weight is 293 g/mol. The average Bonchev–Trinajstić information content (AvgIpc) is 2.35. The highest BCUT2D eigenvalue weighted by Gasteiger charge is 2.31. The van der Waals surface area contributed by atoms with Gasteiger partial charge < -0.3 is 5.11 Å². The number of halogens is 3. The summed E-state index contributed by atoms with van der Waals surface area (Å²) in [7, 11) is 0. The summed E-state index contributed by atoms with van der Waals surface area (Å²) in [4.78, 5) is 1.22. The van der Waals surface area contributed by atoms with Crippen molar-refractivity contribution in [3.63, 3.8) is 0 Å². The van der Waals surface area contributed by atoms with Crippen molar-refractivity contribution in [1.82, 2.24) is 4.90 Å². The monoisotopic (exact) mass is 293 g/mol. The van der Waals surface area contributed by atoms with Crippen LogP contribution in [-0.2, 0) is 0 Å². The minimum atomic E-state index is -4.26. The van der Waals surface area contributed by atoms with E-state index in [1.165, 1.54) is 4.90 Å². The van der Waals surface area contributed by atoms with Crippen molar-refractivity contribution in [3.05, 3.63) is 35.9 Å². The Bertz CT molecular complexity index is 359. The second-order valence-corrected chi connectivity index (χ2v) is 4.73. The van der Waals surface area contributed by atoms with Crippen molar-refractivity contribution in [1.29, 1.82) is 0 Å². The van der Waals surface area contributed by atoms with Gasteiger partial charge in [-0.3, -0.25) is 4.90 Å². The molecule has 0 saturated heterocycles. The lowest BCUT2D eigenvalue weighted by Crippen LogP contribution is -2.39. The van der Waals surface area contributed by atoms with Crippen molar-refractivity contribution in [2.75, 3.05) is 32.0 Å². The molecule has 0 radical (unpaired) electrons. The molecule has 19 heavy (non-hydrogen) atoms. The smallest absolute Gasteiger partial charge is 0.395 e. The zero-order valence-corrected chi connectivity index (χ0v) is 11.4. The molecule has 1 aromatic carbocycles. The van der Waals surface area contributed by atoms with E-state index in [2.05, 4.69) is 12.6 Å². The second kappa shape index (κ2) is 7.77. The first-order chi connectivity index (χ1) is 8.96. The second-order valence-electron chi connectivity index (χ2n) is 4.36. The molecule has 0 fully saturated rings. The third-order valence-corrected chi connectivity index (χ3v) is 3.23. The number of rotatable bonds is 7. The molecule has 0 spiro atoms. The molecule has 0 amide bonds. The quantitative estimate of drug-likeness (QED) is 0.755. The van der Waals surface area contributed by atoms with E-state index < -0.39 is 12.7 Å². The highest BCUT2D eigenvalue weighted by atomic mass is 32.1. The van der Waals surface area contributed by atoms with Crippen LogP contribution in [0.1, 0.15) is 11.5 Å². The van der Waals surface area contributed by atoms with Crippen LogP contribution in [0.4, 0.5) is 13.2 Å². The molecule has 1 N–H and O–H groups in total. The molecule has 2 nitrogen and oxygen atoms in total. The van der Waals surface area contributed by atoms with Gasteiger partial charge in [-0.05, 0) is 11.3 Å². The molecule has 1 aromatic rings. The van der Waals surface area contributed by atoms with Gasteiger partial charge in [0.25, 0.3) is 0 Å². The molecule has 1 rings (SSSR count). The zero-order valence-electron chi connectivity index (χ0n) is 10.5. The summed E-state index contributed by atoms with van der Waals surface area (Å²) in [6.45, 7) is -1.06. The summed E-state index contributed by atoms with van der Waals surface area (Å²) in [6, 6.07) is 9.33. The van der Waals surface area contributed by atoms with Crippen molar-refractivity contribution >= 4 is 12.6 Å². The summed E-state index contributed by atoms with van der Waals surface area (Å²) >= 11 is 4.21. The molecule has 108 valence electrons. The van der Waals surface area contributed by atoms with Crippen LogP contribution in [0.3, 0.4) is 0 Å². The van der Waals surface area contributed by atoms with Crippen molar-refractivity contribution in [2.24, 2.45) is 0 Å². The van der Waals surface area contributed by atoms with Gasteiger partial charge in [-0.1, -0.05) is 30.3 Å². The Hall–Kier alpha value is -0.720. The molecule has 6 heteroatoms. The number of aliphatic hydroxyl groups is 1. The minimum absolute atomic E-state index is 0.0105. The first-order valence-corrected chi connectivity index (χ1v) is 6.65. The Morgan fingerprint density at radius 2 is 1.84 bits per heavy atom. The molecule has 0 aromatic heterocycles. The van der Waals surface area contributed by atoms with Crippen LogP contribution in [0.5, 0.6) is 0 Å². The fourth-order valence-corrected chi connectivity index (χ4v) is 2.26. The lowest BCUT2D eigenvalue weighted by atomic mass is 10.0. The predicted octanol–water partition coefficient (Wildman–Crippen LogP) is 2.56. The van der Waals surface area contributed by atoms with Crippen LogP contribution >= 0.6 is 12.6 Å². The fourth-order valence-electron chi connectivity index (χ4n) is 1.94. The number of alkyl halides is 3. The number of thiol groups is 1. The number of hydrogen-bond acceptors (Lipinski definition) is 3. The largest absolute Gasteiger partial charge is 0.401 e. The van der Waals surface area contributed by atoms with Gasteiger partial charge in [0.2, 0.25) is 0 Å². The van der Waals surface area contributed by atoms with E-state index in [4.69, 9.17) is 5.11 Å². The van der Waals surface area contributed by atoms with Crippen LogP contribution < -0.4 is 0 Å². The lowest BCUT2D eigenvalue weighted by molar-refractivity contribution is -0.147. The predicted molar refractivity (Wildman–Crippen MR) is 72.6 cm³/mol. The van der Waals surface area contributed by atoms with Crippen molar-refractivity contribution in [3.8, 4) is 0 Å². The molecular formula is C13H18F3NOS. The van der Waals surface area contributed by atoms with Crippen LogP contribution in [-0.4, -0.2) is 48.2 Å². The van der Waals surface area contributed by atoms with Gasteiger partial charge in [0.05, 0.1) is 13.2 Å². The number of benzene rings is 1. The topological polar surface area (TPSA) is 23.5 Å². The normalized spacial score (nSPS) is 13.8. The summed E-state index contributed by atoms with van der Waals surface area (Å²) in [6.07, 6.45) is -4.26. The maximum atomic E-state index is 12.4. The molecule has 0 aliphatic heterocycles. The first kappa shape index (κ1) is 16.3. The van der Waals surface area contributed by atoms with Gasteiger partial charge in [0, 0.05) is 19.0 Å². The van der Waals surface area contributed by atoms with E-state index in [0.29, 0.717) is 5.75 Å². The molecular weight excluding hydrogens is 275 g/mol. The lowest BCUT2D eigenvalue weighted by Gasteiger charge is -2.27. The van der Waals surface area contributed by atoms with Crippen LogP contribution in [0.25, 0.3) is 0 Å². The third kappa shape index (κ3) is 6.31. The fraction of sp³-hybridized carbons (Fsp3) is 0.538. The standard InChI is InChI=1S/C13H18F3NOS/c14-13(15,16)10-17(6-7-18)8-12(9-19)11-4-2-1-3-5-11/h1-5,12,18-19H,6-10H2. The van der Waals surface area contributed by atoms with Gasteiger partial charge in [-0.25, -0.2) is 0 Å². The highest BCUT2D eigenvalue weighted by Crippen LogP contribution is 2.22. The summed E-state index contributed by atoms with van der Waals surface area (Å²) in [5.41, 5.74) is 0.961. The molecule has 1 atom stereocenters. The number of nitrogens with zero attached hydrogens (tertiary/aromatic N) is 1. The van der Waals surface area contributed by atoms with Crippen LogP contribution in [0.2, 0.25) is 0 Å². The van der Waals surface area contributed by atoms with E-state index in [9.17, 15) is 13.2 Å². The Labute approximate surface area is 116 Å². The van der Waals surface area contributed by atoms with Crippen molar-refractivity contribution in [2.45, 2.75) is 12.1 Å². The highest BCUT2D eigenvalue weighted by molar-refractivity contribution is 7.80. The Balaban J connectivity index is 2.70. The van der Waals surface area contributed by atoms with E-state index in [0.717, 1.165) is 5.56 Å². The van der Waals surface area contributed by atoms with E-state index >= 15 is 0 Å². The molecule has 0 aliphatic carbocycles. The third-order valence-electron chi connectivity index (χ3n) is 2.79. The van der Waals surface area contributed by atoms with Crippen LogP contribution in [0, 0.1) is 0 Å². The van der Waals surface area contributed by atoms with Crippen molar-refractivity contribution < 1.29 is 18.3 Å². The molecule has 1 unspecified atom stereocenters. The van der Waals surface area contributed by atoms with Gasteiger partial charge in [-0.2, -0.15) is 25.8 Å². The van der Waals surface area contributed by atoms with E-state index in [1.54, 1.807) is 0 Å². The van der Waals surface area contributed by atoms with Gasteiger partial charge in [0.1, 0.15) is 0 Å². The Morgan fingerprint density at radius 3 is 2.32 bits per heavy atom. The molecule has 0 saturated carbocycles. The SMILES string of the molecule is OCCN(CC(CS)c1ccccc1)CC(F)(F)F. The van der Waals surface area contributed by atoms with Crippen LogP contribution in [0.15, 0.2) is 30.3 Å². The van der Waals surface area contributed by atoms with Gasteiger partial charge in [0.15, 0.2) is 0 Å². The molecule has 0 aliphatic rings. The van der Waals surface area contributed by atoms with E-state index in [1.807, 2.05) is 30.3 Å². The number of aliphatic hydroxyl groups excluding tert-OH is 1. The van der Waals surface area contributed by atoms with Gasteiger partial charge >= 0.3 is 6.18 Å². The Kier molecular flexibility index (Phi) is 6.68. The first-order valence-electron chi connectivity index (χ1n) is 6.02. The zero-order chi connectivity index (χ0) is 14.3. The minimum Gasteiger partial charge on any atom is -0.395 e. The maximum absolute atomic E-state index is 12.4. The van der Waals surface area contributed by atoms with Gasteiger partial charge in [-0.15, -0.1) is 0 Å². The summed E-state index contributed by atoms with van der Waals surface area (Å²) in [5, 5.41) is 8.86. The molecule has 0 heterocycles. The van der Waals surface area contributed by atoms with E-state index in [-0.39, 0.29) is 25.6 Å². The summed E-state index contributed by atoms with van der Waals surface area (Å²) < 4.78 is 37.3. The molecule has 0 bridgehead atoms. The number of hydrogen-bond donors (Lipinski definition) is 2.